The molecule has 1 aromatic carbocycles. The van der Waals surface area contributed by atoms with Gasteiger partial charge in [0.05, 0.1) is 0 Å². The van der Waals surface area contributed by atoms with Crippen LogP contribution in [0.4, 0.5) is 0 Å². The molecule has 0 fully saturated rings. The van der Waals surface area contributed by atoms with Crippen molar-refractivity contribution in [3.05, 3.63) is 53.7 Å². The molecular formula is C15H19N. The van der Waals surface area contributed by atoms with Gasteiger partial charge in [-0.15, -0.1) is 0 Å². The second-order valence-electron chi connectivity index (χ2n) is 4.03. The maximum atomic E-state index is 4.35. The van der Waals surface area contributed by atoms with Gasteiger partial charge in [0.1, 0.15) is 0 Å². The van der Waals surface area contributed by atoms with Crippen molar-refractivity contribution in [1.82, 2.24) is 0 Å². The van der Waals surface area contributed by atoms with Crippen molar-refractivity contribution in [2.24, 2.45) is 4.99 Å². The second-order valence-corrected chi connectivity index (χ2v) is 4.03. The van der Waals surface area contributed by atoms with Crippen LogP contribution in [0, 0.1) is 6.92 Å². The second kappa shape index (κ2) is 6.06. The molecule has 0 atom stereocenters. The van der Waals surface area contributed by atoms with Crippen LogP contribution in [0.15, 0.2) is 47.6 Å². The van der Waals surface area contributed by atoms with Gasteiger partial charge < -0.3 is 0 Å². The number of allylic oxidation sites excluding steroid dienone is 3. The molecule has 0 aliphatic carbocycles. The minimum Gasteiger partial charge on any atom is -0.266 e. The zero-order valence-electron chi connectivity index (χ0n) is 10.5. The molecule has 1 heteroatoms. The van der Waals surface area contributed by atoms with Crippen molar-refractivity contribution in [3.63, 3.8) is 0 Å². The van der Waals surface area contributed by atoms with E-state index in [1.165, 1.54) is 11.1 Å². The normalized spacial score (nSPS) is 11.9. The highest BCUT2D eigenvalue weighted by Crippen LogP contribution is 2.17. The van der Waals surface area contributed by atoms with Crippen LogP contribution in [0.1, 0.15) is 31.9 Å². The number of rotatable bonds is 3. The minimum absolute atomic E-state index is 1.06. The lowest BCUT2D eigenvalue weighted by molar-refractivity contribution is 1.43. The summed E-state index contributed by atoms with van der Waals surface area (Å²) in [6.45, 7) is 8.12. The lowest BCUT2D eigenvalue weighted by Gasteiger charge is -2.02. The molecular weight excluding hydrogens is 194 g/mol. The van der Waals surface area contributed by atoms with Crippen LogP contribution < -0.4 is 0 Å². The summed E-state index contributed by atoms with van der Waals surface area (Å²) in [7, 11) is 0. The molecule has 0 aliphatic heterocycles. The van der Waals surface area contributed by atoms with Crippen LogP contribution in [0.25, 0.3) is 5.57 Å². The Kier molecular flexibility index (Phi) is 4.71. The maximum absolute atomic E-state index is 4.35. The van der Waals surface area contributed by atoms with Gasteiger partial charge in [0.15, 0.2) is 0 Å². The van der Waals surface area contributed by atoms with Gasteiger partial charge in [-0.3, -0.25) is 4.99 Å². The van der Waals surface area contributed by atoms with E-state index in [-0.39, 0.29) is 0 Å². The van der Waals surface area contributed by atoms with E-state index in [0.717, 1.165) is 11.3 Å². The first-order valence-corrected chi connectivity index (χ1v) is 5.54. The molecule has 1 aromatic rings. The van der Waals surface area contributed by atoms with Gasteiger partial charge in [-0.05, 0) is 38.8 Å². The molecule has 16 heavy (non-hydrogen) atoms. The third-order valence-electron chi connectivity index (χ3n) is 2.16. The average molecular weight is 213 g/mol. The Balaban J connectivity index is 3.12. The average Bonchev–Trinajstić information content (AvgIpc) is 2.24. The molecule has 0 aromatic heterocycles. The van der Waals surface area contributed by atoms with Gasteiger partial charge in [-0.1, -0.05) is 42.0 Å². The molecule has 0 heterocycles. The lowest BCUT2D eigenvalue weighted by atomic mass is 10.0. The van der Waals surface area contributed by atoms with E-state index < -0.39 is 0 Å². The molecule has 0 radical (unpaired) electrons. The zero-order chi connectivity index (χ0) is 12.0. The number of aliphatic imine (C=N–C) groups is 1. The third kappa shape index (κ3) is 3.85. The molecule has 84 valence electrons. The van der Waals surface area contributed by atoms with Crippen molar-refractivity contribution in [2.45, 2.75) is 27.7 Å². The molecule has 0 bridgehead atoms. The fourth-order valence-electron chi connectivity index (χ4n) is 1.42. The zero-order valence-corrected chi connectivity index (χ0v) is 10.5. The van der Waals surface area contributed by atoms with Crippen LogP contribution >= 0.6 is 0 Å². The lowest BCUT2D eigenvalue weighted by Crippen LogP contribution is -1.83. The van der Waals surface area contributed by atoms with E-state index in [0.29, 0.717) is 0 Å². The number of hydrogen-bond donors (Lipinski definition) is 0. The van der Waals surface area contributed by atoms with E-state index in [1.807, 2.05) is 33.0 Å². The van der Waals surface area contributed by atoms with Crippen LogP contribution in [0.3, 0.4) is 0 Å². The Morgan fingerprint density at radius 2 is 2.00 bits per heavy atom. The number of aryl methyl sites for hydroxylation is 1. The van der Waals surface area contributed by atoms with E-state index >= 15 is 0 Å². The van der Waals surface area contributed by atoms with Gasteiger partial charge >= 0.3 is 0 Å². The Hall–Kier alpha value is -1.63. The summed E-state index contributed by atoms with van der Waals surface area (Å²) in [6.07, 6.45) is 6.04. The van der Waals surface area contributed by atoms with E-state index in [9.17, 15) is 0 Å². The molecule has 0 amide bonds. The molecule has 0 unspecified atom stereocenters. The van der Waals surface area contributed by atoms with Crippen molar-refractivity contribution >= 4 is 11.3 Å². The Bertz CT molecular complexity index is 433. The van der Waals surface area contributed by atoms with Gasteiger partial charge in [0, 0.05) is 11.9 Å². The summed E-state index contributed by atoms with van der Waals surface area (Å²) in [4.78, 5) is 4.35. The van der Waals surface area contributed by atoms with Gasteiger partial charge in [0.25, 0.3) is 0 Å². The van der Waals surface area contributed by atoms with Crippen LogP contribution in [0.2, 0.25) is 0 Å². The molecule has 0 aliphatic rings. The summed E-state index contributed by atoms with van der Waals surface area (Å²) < 4.78 is 0. The van der Waals surface area contributed by atoms with E-state index in [4.69, 9.17) is 0 Å². The van der Waals surface area contributed by atoms with Crippen LogP contribution in [-0.2, 0) is 0 Å². The predicted molar refractivity (Wildman–Crippen MR) is 72.8 cm³/mol. The highest BCUT2D eigenvalue weighted by molar-refractivity contribution is 5.82. The van der Waals surface area contributed by atoms with Crippen molar-refractivity contribution in [2.75, 3.05) is 0 Å². The summed E-state index contributed by atoms with van der Waals surface area (Å²) in [6, 6.07) is 8.46. The molecule has 1 rings (SSSR count). The van der Waals surface area contributed by atoms with Crippen molar-refractivity contribution in [1.29, 1.82) is 0 Å². The van der Waals surface area contributed by atoms with Gasteiger partial charge in [0.2, 0.25) is 0 Å². The van der Waals surface area contributed by atoms with Crippen LogP contribution in [0.5, 0.6) is 0 Å². The Labute approximate surface area is 98.2 Å². The standard InChI is InChI=1S/C15H19N/c1-5-7-15(11-16-12(2)3)14-9-6-8-13(4)10-14/h5-11H,1-4H3/b7-5-,15-11+. The first kappa shape index (κ1) is 12.4. The smallest absolute Gasteiger partial charge is 0.0345 e. The minimum atomic E-state index is 1.06. The molecule has 0 saturated heterocycles. The maximum Gasteiger partial charge on any atom is 0.0345 e. The highest BCUT2D eigenvalue weighted by Gasteiger charge is 1.97. The number of nitrogens with zero attached hydrogens (tertiary/aromatic N) is 1. The van der Waals surface area contributed by atoms with Crippen LogP contribution in [-0.4, -0.2) is 5.71 Å². The molecule has 0 N–H and O–H groups in total. The number of benzene rings is 1. The third-order valence-corrected chi connectivity index (χ3v) is 2.16. The quantitative estimate of drug-likeness (QED) is 0.521. The first-order chi connectivity index (χ1) is 7.63. The largest absolute Gasteiger partial charge is 0.266 e. The monoisotopic (exact) mass is 213 g/mol. The SMILES string of the molecule is C/C=C\C(=C/N=C(C)C)c1cccc(C)c1. The van der Waals surface area contributed by atoms with Gasteiger partial charge in [-0.25, -0.2) is 0 Å². The van der Waals surface area contributed by atoms with Crippen molar-refractivity contribution < 1.29 is 0 Å². The van der Waals surface area contributed by atoms with Gasteiger partial charge in [-0.2, -0.15) is 0 Å². The fraction of sp³-hybridized carbons (Fsp3) is 0.267. The summed E-state index contributed by atoms with van der Waals surface area (Å²) in [5.41, 5.74) is 4.69. The summed E-state index contributed by atoms with van der Waals surface area (Å²) >= 11 is 0. The summed E-state index contributed by atoms with van der Waals surface area (Å²) in [5, 5.41) is 0. The van der Waals surface area contributed by atoms with E-state index in [2.05, 4.69) is 42.3 Å². The summed E-state index contributed by atoms with van der Waals surface area (Å²) in [5.74, 6) is 0. The molecule has 0 saturated carbocycles. The topological polar surface area (TPSA) is 12.4 Å². The number of hydrogen-bond acceptors (Lipinski definition) is 1. The van der Waals surface area contributed by atoms with E-state index in [1.54, 1.807) is 0 Å². The first-order valence-electron chi connectivity index (χ1n) is 5.54. The van der Waals surface area contributed by atoms with Crippen molar-refractivity contribution in [3.8, 4) is 0 Å². The Morgan fingerprint density at radius 1 is 1.25 bits per heavy atom. The predicted octanol–water partition coefficient (Wildman–Crippen LogP) is 4.39. The Morgan fingerprint density at radius 3 is 2.56 bits per heavy atom. The highest BCUT2D eigenvalue weighted by atomic mass is 14.7. The molecule has 1 nitrogen and oxygen atoms in total. The molecule has 0 spiro atoms. The fourth-order valence-corrected chi connectivity index (χ4v) is 1.42.